The molecular formula is C28H29FN4O3. The summed E-state index contributed by atoms with van der Waals surface area (Å²) in [5, 5.41) is 28.8. The van der Waals surface area contributed by atoms with Crippen molar-refractivity contribution in [2.24, 2.45) is 5.41 Å². The Kier molecular flexibility index (Phi) is 5.55. The van der Waals surface area contributed by atoms with Gasteiger partial charge in [-0.3, -0.25) is 9.89 Å². The topological polar surface area (TPSA) is 104 Å². The Hall–Kier alpha value is -3.86. The molecule has 2 atom stereocenters. The molecule has 0 aliphatic heterocycles. The van der Waals surface area contributed by atoms with Gasteiger partial charge in [0.25, 0.3) is 0 Å². The summed E-state index contributed by atoms with van der Waals surface area (Å²) in [5.74, 6) is -1.12. The number of hydrogen-bond acceptors (Lipinski definition) is 4. The molecule has 2 heterocycles. The molecule has 0 unspecified atom stereocenters. The van der Waals surface area contributed by atoms with Crippen LogP contribution in [0.25, 0.3) is 27.5 Å². The van der Waals surface area contributed by atoms with Crippen LogP contribution in [0, 0.1) is 22.6 Å². The van der Waals surface area contributed by atoms with E-state index in [4.69, 9.17) is 4.74 Å². The number of aromatic nitrogens is 3. The van der Waals surface area contributed by atoms with E-state index in [1.807, 2.05) is 26.8 Å². The molecule has 0 radical (unpaired) electrons. The molecule has 0 amide bonds. The van der Waals surface area contributed by atoms with Gasteiger partial charge in [0, 0.05) is 40.1 Å². The Morgan fingerprint density at radius 2 is 2.17 bits per heavy atom. The zero-order valence-electron chi connectivity index (χ0n) is 20.9. The van der Waals surface area contributed by atoms with Crippen LogP contribution in [-0.2, 0) is 10.2 Å². The van der Waals surface area contributed by atoms with Crippen molar-refractivity contribution in [2.75, 3.05) is 7.11 Å². The molecule has 0 spiro atoms. The van der Waals surface area contributed by atoms with Gasteiger partial charge in [0.2, 0.25) is 0 Å². The Morgan fingerprint density at radius 1 is 1.39 bits per heavy atom. The zero-order valence-corrected chi connectivity index (χ0v) is 20.9. The summed E-state index contributed by atoms with van der Waals surface area (Å²) >= 11 is 0. The summed E-state index contributed by atoms with van der Waals surface area (Å²) in [5.41, 5.74) is 3.10. The number of aromatic amines is 1. The van der Waals surface area contributed by atoms with Crippen LogP contribution in [0.2, 0.25) is 0 Å². The first-order valence-corrected chi connectivity index (χ1v) is 12.1. The normalized spacial score (nSPS) is 20.2. The standard InChI is InChI=1S/C28H29FN4O3/c1-27(2,9-10-30)25-24(16-7-8-28(3,14-16)26(34)35)19-13-21-17(15-31-32-21)11-22(19)33(25)18-5-6-20(29)23(12-18)36-4/h5-6,11-13,15-16H,7-9,14H2,1-4H3,(H,31,32)(H,34,35)/t16-,28-/m1/s1. The second-order valence-electron chi connectivity index (χ2n) is 10.8. The number of nitrogens with zero attached hydrogens (tertiary/aromatic N) is 3. The van der Waals surface area contributed by atoms with Gasteiger partial charge in [-0.2, -0.15) is 10.4 Å². The molecule has 2 N–H and O–H groups in total. The van der Waals surface area contributed by atoms with E-state index in [0.717, 1.165) is 39.5 Å². The van der Waals surface area contributed by atoms with Gasteiger partial charge in [0.05, 0.1) is 35.8 Å². The number of methoxy groups -OCH3 is 1. The summed E-state index contributed by atoms with van der Waals surface area (Å²) in [6.07, 6.45) is 3.83. The number of rotatable bonds is 6. The van der Waals surface area contributed by atoms with Crippen LogP contribution < -0.4 is 4.74 Å². The molecule has 2 aromatic heterocycles. The molecule has 1 fully saturated rings. The summed E-state index contributed by atoms with van der Waals surface area (Å²) in [7, 11) is 1.43. The third-order valence-corrected chi connectivity index (χ3v) is 7.79. The second kappa shape index (κ2) is 8.37. The average Bonchev–Trinajstić information content (AvgIpc) is 3.53. The highest BCUT2D eigenvalue weighted by molar-refractivity contribution is 5.99. The predicted molar refractivity (Wildman–Crippen MR) is 135 cm³/mol. The minimum atomic E-state index is -0.813. The molecule has 1 aliphatic rings. The minimum absolute atomic E-state index is 0.00877. The lowest BCUT2D eigenvalue weighted by Crippen LogP contribution is -2.25. The van der Waals surface area contributed by atoms with Gasteiger partial charge in [0.1, 0.15) is 0 Å². The van der Waals surface area contributed by atoms with E-state index in [0.29, 0.717) is 18.5 Å². The monoisotopic (exact) mass is 488 g/mol. The lowest BCUT2D eigenvalue weighted by atomic mass is 9.78. The smallest absolute Gasteiger partial charge is 0.309 e. The van der Waals surface area contributed by atoms with Gasteiger partial charge >= 0.3 is 5.97 Å². The molecular weight excluding hydrogens is 459 g/mol. The number of nitriles is 1. The fraction of sp³-hybridized carbons (Fsp3) is 0.393. The summed E-state index contributed by atoms with van der Waals surface area (Å²) in [6, 6.07) is 11.2. The minimum Gasteiger partial charge on any atom is -0.494 e. The van der Waals surface area contributed by atoms with Gasteiger partial charge in [0.15, 0.2) is 11.6 Å². The number of ether oxygens (including phenoxy) is 1. The summed E-state index contributed by atoms with van der Waals surface area (Å²) in [6.45, 7) is 5.88. The van der Waals surface area contributed by atoms with Crippen molar-refractivity contribution < 1.29 is 19.0 Å². The Balaban J connectivity index is 1.89. The maximum absolute atomic E-state index is 14.4. The molecule has 7 nitrogen and oxygen atoms in total. The number of hydrogen-bond donors (Lipinski definition) is 2. The van der Waals surface area contributed by atoms with E-state index >= 15 is 0 Å². The maximum atomic E-state index is 14.4. The van der Waals surface area contributed by atoms with Crippen molar-refractivity contribution in [3.8, 4) is 17.5 Å². The van der Waals surface area contributed by atoms with Crippen molar-refractivity contribution in [1.82, 2.24) is 14.8 Å². The number of carboxylic acid groups (broad SMARTS) is 1. The van der Waals surface area contributed by atoms with Crippen LogP contribution >= 0.6 is 0 Å². The predicted octanol–water partition coefficient (Wildman–Crippen LogP) is 6.20. The molecule has 2 aromatic carbocycles. The quantitative estimate of drug-likeness (QED) is 0.336. The fourth-order valence-corrected chi connectivity index (χ4v) is 5.85. The fourth-order valence-electron chi connectivity index (χ4n) is 5.85. The van der Waals surface area contributed by atoms with Crippen molar-refractivity contribution in [1.29, 1.82) is 5.26 Å². The second-order valence-corrected chi connectivity index (χ2v) is 10.8. The lowest BCUT2D eigenvalue weighted by molar-refractivity contribution is -0.147. The number of nitrogens with one attached hydrogen (secondary N) is 1. The van der Waals surface area contributed by atoms with Crippen molar-refractivity contribution in [3.05, 3.63) is 53.6 Å². The molecule has 0 bridgehead atoms. The number of carbonyl (C=O) groups is 1. The SMILES string of the molecule is COc1cc(-n2c(C(C)(C)CC#N)c([C@@H]3CC[C@@](C)(C(=O)O)C3)c3cc4[nH]ncc4cc32)ccc1F. The first-order chi connectivity index (χ1) is 17.1. The van der Waals surface area contributed by atoms with Crippen LogP contribution in [0.3, 0.4) is 0 Å². The average molecular weight is 489 g/mol. The molecule has 1 aliphatic carbocycles. The molecule has 36 heavy (non-hydrogen) atoms. The summed E-state index contributed by atoms with van der Waals surface area (Å²) < 4.78 is 21.8. The van der Waals surface area contributed by atoms with Crippen molar-refractivity contribution in [2.45, 2.75) is 57.8 Å². The third-order valence-electron chi connectivity index (χ3n) is 7.79. The van der Waals surface area contributed by atoms with Gasteiger partial charge in [-0.15, -0.1) is 0 Å². The molecule has 8 heteroatoms. The number of halogens is 1. The van der Waals surface area contributed by atoms with Crippen LogP contribution in [0.4, 0.5) is 4.39 Å². The van der Waals surface area contributed by atoms with E-state index in [-0.39, 0.29) is 18.1 Å². The van der Waals surface area contributed by atoms with Gasteiger partial charge in [-0.05, 0) is 61.9 Å². The van der Waals surface area contributed by atoms with Crippen LogP contribution in [0.1, 0.15) is 63.6 Å². The van der Waals surface area contributed by atoms with E-state index in [2.05, 4.69) is 26.9 Å². The van der Waals surface area contributed by atoms with E-state index in [9.17, 15) is 19.6 Å². The van der Waals surface area contributed by atoms with Gasteiger partial charge in [-0.1, -0.05) is 13.8 Å². The van der Waals surface area contributed by atoms with E-state index in [1.165, 1.54) is 13.2 Å². The number of aliphatic carboxylic acids is 1. The first kappa shape index (κ1) is 23.9. The number of benzene rings is 2. The first-order valence-electron chi connectivity index (χ1n) is 12.1. The molecule has 186 valence electrons. The van der Waals surface area contributed by atoms with Crippen molar-refractivity contribution in [3.63, 3.8) is 0 Å². The van der Waals surface area contributed by atoms with E-state index < -0.39 is 22.6 Å². The number of H-pyrrole nitrogens is 1. The molecule has 4 aromatic rings. The highest BCUT2D eigenvalue weighted by atomic mass is 19.1. The molecule has 0 saturated heterocycles. The van der Waals surface area contributed by atoms with Gasteiger partial charge in [-0.25, -0.2) is 4.39 Å². The third kappa shape index (κ3) is 3.62. The van der Waals surface area contributed by atoms with E-state index in [1.54, 1.807) is 18.3 Å². The Labute approximate surface area is 208 Å². The highest BCUT2D eigenvalue weighted by Crippen LogP contribution is 2.52. The Bertz CT molecular complexity index is 1540. The molecule has 5 rings (SSSR count). The number of fused-ring (bicyclic) bond motifs is 2. The highest BCUT2D eigenvalue weighted by Gasteiger charge is 2.45. The zero-order chi connectivity index (χ0) is 25.8. The molecule has 1 saturated carbocycles. The van der Waals surface area contributed by atoms with Gasteiger partial charge < -0.3 is 14.4 Å². The maximum Gasteiger partial charge on any atom is 0.309 e. The lowest BCUT2D eigenvalue weighted by Gasteiger charge is -2.28. The number of carboxylic acids is 1. The largest absolute Gasteiger partial charge is 0.494 e. The van der Waals surface area contributed by atoms with Crippen LogP contribution in [0.15, 0.2) is 36.5 Å². The summed E-state index contributed by atoms with van der Waals surface area (Å²) in [4.78, 5) is 12.1. The van der Waals surface area contributed by atoms with Crippen LogP contribution in [-0.4, -0.2) is 33.0 Å². The van der Waals surface area contributed by atoms with Crippen molar-refractivity contribution >= 4 is 27.8 Å². The van der Waals surface area contributed by atoms with Crippen LogP contribution in [0.5, 0.6) is 5.75 Å². The Morgan fingerprint density at radius 3 is 2.83 bits per heavy atom.